The Labute approximate surface area is 157 Å². The van der Waals surface area contributed by atoms with Crippen molar-refractivity contribution in [2.45, 2.75) is 18.4 Å². The molecule has 27 heavy (non-hydrogen) atoms. The number of hydrogen-bond acceptors (Lipinski definition) is 5. The number of benzene rings is 2. The van der Waals surface area contributed by atoms with Gasteiger partial charge in [-0.1, -0.05) is 24.3 Å². The van der Waals surface area contributed by atoms with E-state index in [1.807, 2.05) is 12.1 Å². The third-order valence-corrected chi connectivity index (χ3v) is 5.56. The number of nitrogens with one attached hydrogen (secondary N) is 1. The van der Waals surface area contributed by atoms with Crippen molar-refractivity contribution in [1.29, 1.82) is 0 Å². The summed E-state index contributed by atoms with van der Waals surface area (Å²) < 4.78 is 34.9. The van der Waals surface area contributed by atoms with E-state index in [-0.39, 0.29) is 10.5 Å². The van der Waals surface area contributed by atoms with Crippen molar-refractivity contribution in [2.75, 3.05) is 11.8 Å². The molecule has 3 aromatic rings. The van der Waals surface area contributed by atoms with Gasteiger partial charge in [-0.25, -0.2) is 13.2 Å². The molecular formula is C19H19N3O4S. The smallest absolute Gasteiger partial charge is 0.337 e. The summed E-state index contributed by atoms with van der Waals surface area (Å²) in [5.74, 6) is -0.592. The molecule has 1 aromatic heterocycles. The number of carbonyl (C=O) groups excluding carboxylic acids is 1. The van der Waals surface area contributed by atoms with Crippen LogP contribution in [0.2, 0.25) is 0 Å². The molecule has 140 valence electrons. The van der Waals surface area contributed by atoms with Crippen molar-refractivity contribution in [1.82, 2.24) is 9.78 Å². The van der Waals surface area contributed by atoms with Gasteiger partial charge in [0.05, 0.1) is 29.8 Å². The van der Waals surface area contributed by atoms with Gasteiger partial charge in [-0.15, -0.1) is 0 Å². The lowest BCUT2D eigenvalue weighted by Gasteiger charge is -2.14. The molecule has 8 heteroatoms. The van der Waals surface area contributed by atoms with Crippen molar-refractivity contribution < 1.29 is 17.9 Å². The van der Waals surface area contributed by atoms with Crippen molar-refractivity contribution in [3.8, 4) is 0 Å². The lowest BCUT2D eigenvalue weighted by atomic mass is 10.1. The first-order valence-electron chi connectivity index (χ1n) is 8.18. The van der Waals surface area contributed by atoms with E-state index in [0.29, 0.717) is 17.8 Å². The molecule has 0 saturated heterocycles. The number of rotatable bonds is 6. The van der Waals surface area contributed by atoms with Crippen LogP contribution in [0.5, 0.6) is 0 Å². The molecule has 0 radical (unpaired) electrons. The predicted molar refractivity (Wildman–Crippen MR) is 101 cm³/mol. The minimum atomic E-state index is -3.90. The van der Waals surface area contributed by atoms with E-state index in [9.17, 15) is 13.2 Å². The summed E-state index contributed by atoms with van der Waals surface area (Å²) in [7, 11) is -2.65. The zero-order chi connectivity index (χ0) is 19.4. The third-order valence-electron chi connectivity index (χ3n) is 4.05. The van der Waals surface area contributed by atoms with Crippen molar-refractivity contribution in [3.63, 3.8) is 0 Å². The van der Waals surface area contributed by atoms with Crippen LogP contribution in [-0.4, -0.2) is 31.3 Å². The Hall–Kier alpha value is -3.13. The maximum atomic E-state index is 13.0. The molecule has 0 bridgehead atoms. The van der Waals surface area contributed by atoms with E-state index >= 15 is 0 Å². The molecule has 1 N–H and O–H groups in total. The maximum Gasteiger partial charge on any atom is 0.337 e. The van der Waals surface area contributed by atoms with Crippen LogP contribution in [0.25, 0.3) is 0 Å². The summed E-state index contributed by atoms with van der Waals surface area (Å²) in [5, 5.41) is 4.15. The van der Waals surface area contributed by atoms with Gasteiger partial charge in [0.15, 0.2) is 0 Å². The van der Waals surface area contributed by atoms with Gasteiger partial charge in [-0.05, 0) is 42.3 Å². The standard InChI is InChI=1S/C19H19N3O4S/c1-14-8-9-15(19(23)26-2)12-18(14)27(24,25)21-17-7-4-3-6-16(17)13-22-11-5-10-20-22/h3-12,21H,13H2,1-2H3. The Balaban J connectivity index is 1.95. The van der Waals surface area contributed by atoms with Crippen LogP contribution in [0.3, 0.4) is 0 Å². The summed E-state index contributed by atoms with van der Waals surface area (Å²) in [6.45, 7) is 2.10. The zero-order valence-electron chi connectivity index (χ0n) is 14.9. The fraction of sp³-hybridized carbons (Fsp3) is 0.158. The van der Waals surface area contributed by atoms with E-state index in [2.05, 4.69) is 14.6 Å². The summed E-state index contributed by atoms with van der Waals surface area (Å²) in [5.41, 5.74) is 1.93. The molecule has 0 fully saturated rings. The molecule has 0 unspecified atom stereocenters. The molecule has 0 aliphatic rings. The van der Waals surface area contributed by atoms with Gasteiger partial charge in [0.2, 0.25) is 0 Å². The summed E-state index contributed by atoms with van der Waals surface area (Å²) in [4.78, 5) is 11.8. The van der Waals surface area contributed by atoms with Gasteiger partial charge in [-0.3, -0.25) is 9.40 Å². The predicted octanol–water partition coefficient (Wildman–Crippen LogP) is 2.83. The molecule has 1 heterocycles. The minimum Gasteiger partial charge on any atom is -0.465 e. The molecule has 3 rings (SSSR count). The van der Waals surface area contributed by atoms with E-state index < -0.39 is 16.0 Å². The molecule has 0 spiro atoms. The first-order chi connectivity index (χ1) is 12.9. The topological polar surface area (TPSA) is 90.3 Å². The number of methoxy groups -OCH3 is 1. The highest BCUT2D eigenvalue weighted by Gasteiger charge is 2.20. The Morgan fingerprint density at radius 1 is 1.19 bits per heavy atom. The van der Waals surface area contributed by atoms with Gasteiger partial charge < -0.3 is 4.74 Å². The molecule has 0 amide bonds. The van der Waals surface area contributed by atoms with Gasteiger partial charge in [-0.2, -0.15) is 5.10 Å². The van der Waals surface area contributed by atoms with Crippen LogP contribution in [0.4, 0.5) is 5.69 Å². The summed E-state index contributed by atoms with van der Waals surface area (Å²) in [6, 6.07) is 13.3. The number of aromatic nitrogens is 2. The van der Waals surface area contributed by atoms with Gasteiger partial charge in [0.1, 0.15) is 0 Å². The second kappa shape index (κ2) is 7.63. The maximum absolute atomic E-state index is 13.0. The number of nitrogens with zero attached hydrogens (tertiary/aromatic N) is 2. The van der Waals surface area contributed by atoms with E-state index in [1.165, 1.54) is 19.2 Å². The molecular weight excluding hydrogens is 366 g/mol. The summed E-state index contributed by atoms with van der Waals surface area (Å²) >= 11 is 0. The number of para-hydroxylation sites is 1. The Morgan fingerprint density at radius 3 is 2.67 bits per heavy atom. The number of sulfonamides is 1. The normalized spacial score (nSPS) is 11.2. The largest absolute Gasteiger partial charge is 0.465 e. The number of carbonyl (C=O) groups is 1. The first kappa shape index (κ1) is 18.7. The van der Waals surface area contributed by atoms with Crippen molar-refractivity contribution in [2.24, 2.45) is 0 Å². The molecule has 0 atom stereocenters. The van der Waals surface area contributed by atoms with Crippen molar-refractivity contribution >= 4 is 21.7 Å². The quantitative estimate of drug-likeness (QED) is 0.659. The van der Waals surface area contributed by atoms with Crippen LogP contribution in [0.15, 0.2) is 65.8 Å². The Kier molecular flexibility index (Phi) is 5.27. The molecule has 0 aliphatic heterocycles. The molecule has 0 saturated carbocycles. The third kappa shape index (κ3) is 4.17. The van der Waals surface area contributed by atoms with Crippen LogP contribution in [0.1, 0.15) is 21.5 Å². The number of esters is 1. The molecule has 0 aliphatic carbocycles. The second-order valence-electron chi connectivity index (χ2n) is 5.94. The molecule has 2 aromatic carbocycles. The fourth-order valence-corrected chi connectivity index (χ4v) is 4.03. The fourth-order valence-electron chi connectivity index (χ4n) is 2.66. The SMILES string of the molecule is COC(=O)c1ccc(C)c(S(=O)(=O)Nc2ccccc2Cn2cccn2)c1. The average molecular weight is 385 g/mol. The monoisotopic (exact) mass is 385 g/mol. The number of aryl methyl sites for hydroxylation is 1. The van der Waals surface area contributed by atoms with Crippen LogP contribution < -0.4 is 4.72 Å². The highest BCUT2D eigenvalue weighted by atomic mass is 32.2. The number of hydrogen-bond donors (Lipinski definition) is 1. The van der Waals surface area contributed by atoms with Crippen LogP contribution in [0, 0.1) is 6.92 Å². The minimum absolute atomic E-state index is 0.0271. The first-order valence-corrected chi connectivity index (χ1v) is 9.66. The lowest BCUT2D eigenvalue weighted by molar-refractivity contribution is 0.0600. The van der Waals surface area contributed by atoms with Gasteiger partial charge >= 0.3 is 5.97 Å². The van der Waals surface area contributed by atoms with Crippen LogP contribution >= 0.6 is 0 Å². The van der Waals surface area contributed by atoms with E-state index in [1.54, 1.807) is 48.3 Å². The van der Waals surface area contributed by atoms with E-state index in [0.717, 1.165) is 5.56 Å². The Morgan fingerprint density at radius 2 is 1.96 bits per heavy atom. The van der Waals surface area contributed by atoms with E-state index in [4.69, 9.17) is 0 Å². The number of anilines is 1. The van der Waals surface area contributed by atoms with Gasteiger partial charge in [0.25, 0.3) is 10.0 Å². The zero-order valence-corrected chi connectivity index (χ0v) is 15.7. The van der Waals surface area contributed by atoms with Gasteiger partial charge in [0, 0.05) is 12.4 Å². The second-order valence-corrected chi connectivity index (χ2v) is 7.59. The summed E-state index contributed by atoms with van der Waals surface area (Å²) in [6.07, 6.45) is 3.46. The molecule has 7 nitrogen and oxygen atoms in total. The Bertz CT molecular complexity index is 1060. The number of ether oxygens (including phenoxy) is 1. The average Bonchev–Trinajstić information content (AvgIpc) is 3.16. The highest BCUT2D eigenvalue weighted by Crippen LogP contribution is 2.24. The highest BCUT2D eigenvalue weighted by molar-refractivity contribution is 7.92. The van der Waals surface area contributed by atoms with Crippen LogP contribution in [-0.2, 0) is 21.3 Å². The lowest BCUT2D eigenvalue weighted by Crippen LogP contribution is -2.17. The van der Waals surface area contributed by atoms with Crippen molar-refractivity contribution in [3.05, 3.63) is 77.6 Å².